The molecule has 1 fully saturated rings. The van der Waals surface area contributed by atoms with Crippen molar-refractivity contribution in [2.24, 2.45) is 0 Å². The molecule has 0 aliphatic carbocycles. The van der Waals surface area contributed by atoms with E-state index in [-0.39, 0.29) is 12.3 Å². The Kier molecular flexibility index (Phi) is 3.20. The van der Waals surface area contributed by atoms with Crippen molar-refractivity contribution in [2.45, 2.75) is 39.2 Å². The van der Waals surface area contributed by atoms with Crippen molar-refractivity contribution in [1.82, 2.24) is 0 Å². The zero-order valence-corrected chi connectivity index (χ0v) is 10.6. The summed E-state index contributed by atoms with van der Waals surface area (Å²) in [5.41, 5.74) is 3.26. The van der Waals surface area contributed by atoms with E-state index < -0.39 is 6.10 Å². The fourth-order valence-corrected chi connectivity index (χ4v) is 2.42. The van der Waals surface area contributed by atoms with Gasteiger partial charge in [-0.2, -0.15) is 0 Å². The van der Waals surface area contributed by atoms with Gasteiger partial charge in [0.2, 0.25) is 5.91 Å². The van der Waals surface area contributed by atoms with E-state index in [1.165, 1.54) is 5.56 Å². The molecule has 1 aliphatic rings. The highest BCUT2D eigenvalue weighted by molar-refractivity contribution is 5.97. The smallest absolute Gasteiger partial charge is 0.229 e. The second kappa shape index (κ2) is 4.49. The molecule has 1 saturated heterocycles. The molecule has 3 nitrogen and oxygen atoms in total. The van der Waals surface area contributed by atoms with Crippen LogP contribution in [0.3, 0.4) is 0 Å². The third kappa shape index (κ3) is 2.20. The van der Waals surface area contributed by atoms with E-state index in [4.69, 9.17) is 0 Å². The van der Waals surface area contributed by atoms with Gasteiger partial charge in [-0.25, -0.2) is 0 Å². The maximum atomic E-state index is 11.9. The topological polar surface area (TPSA) is 40.5 Å². The van der Waals surface area contributed by atoms with Crippen molar-refractivity contribution in [1.29, 1.82) is 0 Å². The number of β-amino-alcohol motifs (C(OH)–C–C–N with tert-alkyl or cyclic N) is 1. The van der Waals surface area contributed by atoms with E-state index in [0.717, 1.165) is 11.3 Å². The molecular formula is C14H19NO2. The number of carbonyl (C=O) groups excluding carboxylic acids is 1. The Hall–Kier alpha value is -1.35. The minimum absolute atomic E-state index is 0.0219. The minimum atomic E-state index is -0.526. The lowest BCUT2D eigenvalue weighted by Gasteiger charge is -2.24. The summed E-state index contributed by atoms with van der Waals surface area (Å²) in [7, 11) is 0. The van der Waals surface area contributed by atoms with E-state index in [0.29, 0.717) is 12.5 Å². The SMILES string of the molecule is Cc1cccc(C(C)C)c1N1CC(O)CC1=O. The van der Waals surface area contributed by atoms with Crippen LogP contribution in [-0.4, -0.2) is 23.7 Å². The first-order valence-electron chi connectivity index (χ1n) is 6.08. The predicted octanol–water partition coefficient (Wildman–Crippen LogP) is 2.22. The first-order chi connectivity index (χ1) is 8.00. The number of para-hydroxylation sites is 1. The number of amides is 1. The zero-order valence-electron chi connectivity index (χ0n) is 10.6. The minimum Gasteiger partial charge on any atom is -0.391 e. The van der Waals surface area contributed by atoms with Gasteiger partial charge in [-0.05, 0) is 24.0 Å². The Morgan fingerprint density at radius 3 is 2.65 bits per heavy atom. The molecular weight excluding hydrogens is 214 g/mol. The van der Waals surface area contributed by atoms with Gasteiger partial charge in [0.25, 0.3) is 0 Å². The standard InChI is InChI=1S/C14H19NO2/c1-9(2)12-6-4-5-10(3)14(12)15-8-11(16)7-13(15)17/h4-6,9,11,16H,7-8H2,1-3H3. The molecule has 0 radical (unpaired) electrons. The van der Waals surface area contributed by atoms with Gasteiger partial charge < -0.3 is 10.0 Å². The van der Waals surface area contributed by atoms with Gasteiger partial charge in [-0.3, -0.25) is 4.79 Å². The number of anilines is 1. The molecule has 17 heavy (non-hydrogen) atoms. The molecule has 92 valence electrons. The van der Waals surface area contributed by atoms with Gasteiger partial charge >= 0.3 is 0 Å². The number of aryl methyl sites for hydroxylation is 1. The summed E-state index contributed by atoms with van der Waals surface area (Å²) in [5.74, 6) is 0.393. The molecule has 0 saturated carbocycles. The number of aliphatic hydroxyl groups excluding tert-OH is 1. The highest BCUT2D eigenvalue weighted by Crippen LogP contribution is 2.33. The van der Waals surface area contributed by atoms with Crippen molar-refractivity contribution in [3.63, 3.8) is 0 Å². The van der Waals surface area contributed by atoms with Crippen LogP contribution in [-0.2, 0) is 4.79 Å². The number of nitrogens with zero attached hydrogens (tertiary/aromatic N) is 1. The van der Waals surface area contributed by atoms with Crippen LogP contribution in [0.25, 0.3) is 0 Å². The highest BCUT2D eigenvalue weighted by Gasteiger charge is 2.31. The number of hydrogen-bond donors (Lipinski definition) is 1. The highest BCUT2D eigenvalue weighted by atomic mass is 16.3. The third-order valence-corrected chi connectivity index (χ3v) is 3.27. The van der Waals surface area contributed by atoms with Crippen molar-refractivity contribution >= 4 is 11.6 Å². The number of aliphatic hydroxyl groups is 1. The fraction of sp³-hybridized carbons (Fsp3) is 0.500. The lowest BCUT2D eigenvalue weighted by atomic mass is 9.97. The summed E-state index contributed by atoms with van der Waals surface area (Å²) >= 11 is 0. The van der Waals surface area contributed by atoms with E-state index in [9.17, 15) is 9.90 Å². The van der Waals surface area contributed by atoms with Crippen LogP contribution in [0.15, 0.2) is 18.2 Å². The normalized spacial score (nSPS) is 20.4. The number of benzene rings is 1. The van der Waals surface area contributed by atoms with Gasteiger partial charge in [0.15, 0.2) is 0 Å². The predicted molar refractivity (Wildman–Crippen MR) is 68.2 cm³/mol. The Balaban J connectivity index is 2.47. The van der Waals surface area contributed by atoms with Crippen LogP contribution in [0.4, 0.5) is 5.69 Å². The van der Waals surface area contributed by atoms with E-state index >= 15 is 0 Å². The van der Waals surface area contributed by atoms with Crippen molar-refractivity contribution in [3.05, 3.63) is 29.3 Å². The molecule has 1 amide bonds. The molecule has 1 aromatic carbocycles. The van der Waals surface area contributed by atoms with Gasteiger partial charge in [0, 0.05) is 0 Å². The average molecular weight is 233 g/mol. The Bertz CT molecular complexity index is 440. The number of rotatable bonds is 2. The quantitative estimate of drug-likeness (QED) is 0.850. The first-order valence-corrected chi connectivity index (χ1v) is 6.08. The number of hydrogen-bond acceptors (Lipinski definition) is 2. The van der Waals surface area contributed by atoms with Crippen LogP contribution >= 0.6 is 0 Å². The van der Waals surface area contributed by atoms with E-state index in [2.05, 4.69) is 19.9 Å². The summed E-state index contributed by atoms with van der Waals surface area (Å²) in [4.78, 5) is 13.6. The lowest BCUT2D eigenvalue weighted by Crippen LogP contribution is -2.27. The molecule has 1 heterocycles. The fourth-order valence-electron chi connectivity index (χ4n) is 2.42. The van der Waals surface area contributed by atoms with Crippen LogP contribution in [0.5, 0.6) is 0 Å². The van der Waals surface area contributed by atoms with Crippen LogP contribution in [0.1, 0.15) is 37.3 Å². The maximum absolute atomic E-state index is 11.9. The summed E-state index contributed by atoms with van der Waals surface area (Å²) < 4.78 is 0. The molecule has 1 N–H and O–H groups in total. The Morgan fingerprint density at radius 2 is 2.12 bits per heavy atom. The van der Waals surface area contributed by atoms with Crippen LogP contribution < -0.4 is 4.90 Å². The molecule has 1 aliphatic heterocycles. The van der Waals surface area contributed by atoms with Crippen LogP contribution in [0, 0.1) is 6.92 Å². The molecule has 0 aromatic heterocycles. The summed E-state index contributed by atoms with van der Waals surface area (Å²) in [6.07, 6.45) is -0.284. The Morgan fingerprint density at radius 1 is 1.41 bits per heavy atom. The number of carbonyl (C=O) groups is 1. The largest absolute Gasteiger partial charge is 0.391 e. The van der Waals surface area contributed by atoms with Gasteiger partial charge in [0.1, 0.15) is 0 Å². The van der Waals surface area contributed by atoms with Gasteiger partial charge in [-0.1, -0.05) is 32.0 Å². The van der Waals surface area contributed by atoms with Gasteiger partial charge in [-0.15, -0.1) is 0 Å². The van der Waals surface area contributed by atoms with E-state index in [1.807, 2.05) is 19.1 Å². The Labute approximate surface area is 102 Å². The molecule has 0 spiro atoms. The van der Waals surface area contributed by atoms with Gasteiger partial charge in [0.05, 0.1) is 24.8 Å². The average Bonchev–Trinajstić information content (AvgIpc) is 2.57. The van der Waals surface area contributed by atoms with E-state index in [1.54, 1.807) is 4.90 Å². The second-order valence-electron chi connectivity index (χ2n) is 5.03. The van der Waals surface area contributed by atoms with Crippen molar-refractivity contribution in [2.75, 3.05) is 11.4 Å². The zero-order chi connectivity index (χ0) is 12.6. The summed E-state index contributed by atoms with van der Waals surface area (Å²) in [6, 6.07) is 6.09. The molecule has 1 atom stereocenters. The third-order valence-electron chi connectivity index (χ3n) is 3.27. The molecule has 2 rings (SSSR count). The molecule has 0 bridgehead atoms. The lowest BCUT2D eigenvalue weighted by molar-refractivity contribution is -0.117. The summed E-state index contributed by atoms with van der Waals surface area (Å²) in [5, 5.41) is 9.59. The molecule has 1 unspecified atom stereocenters. The van der Waals surface area contributed by atoms with Crippen LogP contribution in [0.2, 0.25) is 0 Å². The monoisotopic (exact) mass is 233 g/mol. The van der Waals surface area contributed by atoms with Crippen molar-refractivity contribution in [3.8, 4) is 0 Å². The van der Waals surface area contributed by atoms with Crippen molar-refractivity contribution < 1.29 is 9.90 Å². The second-order valence-corrected chi connectivity index (χ2v) is 5.03. The summed E-state index contributed by atoms with van der Waals surface area (Å²) in [6.45, 7) is 6.67. The molecule has 1 aromatic rings. The first kappa shape index (κ1) is 12.1. The molecule has 3 heteroatoms. The maximum Gasteiger partial charge on any atom is 0.229 e.